The van der Waals surface area contributed by atoms with Crippen LogP contribution in [0.2, 0.25) is 0 Å². The minimum atomic E-state index is -0.318. The van der Waals surface area contributed by atoms with Crippen LogP contribution in [0.3, 0.4) is 0 Å². The Labute approximate surface area is 175 Å². The molecule has 1 saturated heterocycles. The second-order valence-corrected chi connectivity index (χ2v) is 8.53. The molecule has 29 heavy (non-hydrogen) atoms. The Morgan fingerprint density at radius 3 is 2.34 bits per heavy atom. The van der Waals surface area contributed by atoms with Crippen molar-refractivity contribution < 1.29 is 13.9 Å². The first-order chi connectivity index (χ1) is 13.8. The van der Waals surface area contributed by atoms with Crippen molar-refractivity contribution in [3.63, 3.8) is 0 Å². The van der Waals surface area contributed by atoms with E-state index >= 15 is 0 Å². The van der Waals surface area contributed by atoms with Crippen LogP contribution in [0.25, 0.3) is 0 Å². The summed E-state index contributed by atoms with van der Waals surface area (Å²) in [6, 6.07) is 14.4. The van der Waals surface area contributed by atoms with Gasteiger partial charge in [0.05, 0.1) is 17.3 Å². The van der Waals surface area contributed by atoms with Crippen molar-refractivity contribution in [2.45, 2.75) is 36.2 Å². The number of hydrogen-bond acceptors (Lipinski definition) is 6. The van der Waals surface area contributed by atoms with E-state index in [4.69, 9.17) is 5.26 Å². The van der Waals surface area contributed by atoms with Gasteiger partial charge in [-0.25, -0.2) is 4.39 Å². The van der Waals surface area contributed by atoms with Crippen molar-refractivity contribution in [3.8, 4) is 6.07 Å². The van der Waals surface area contributed by atoms with E-state index in [1.807, 2.05) is 39.0 Å². The summed E-state index contributed by atoms with van der Waals surface area (Å²) in [6.45, 7) is 9.73. The maximum Gasteiger partial charge on any atom is 0.293 e. The van der Waals surface area contributed by atoms with Crippen LogP contribution < -0.4 is 10.2 Å². The van der Waals surface area contributed by atoms with Crippen molar-refractivity contribution >= 4 is 23.9 Å². The number of piperazine rings is 1. The standard InChI is InChI=1S/C17H16FN3S.C5H10O2/c18-14-2-4-15(5-3-14)22-17-11-13(12-19)1-6-16(17)21-9-7-20-8-10-21;1-5(2,3)7-4-6/h1-6,11,20H,7-10H2;4H,1-3H3. The summed E-state index contributed by atoms with van der Waals surface area (Å²) >= 11 is 1.57. The lowest BCUT2D eigenvalue weighted by Gasteiger charge is -2.31. The molecule has 7 heteroatoms. The Morgan fingerprint density at radius 2 is 1.83 bits per heavy atom. The Morgan fingerprint density at radius 1 is 1.17 bits per heavy atom. The first kappa shape index (κ1) is 22.7. The lowest BCUT2D eigenvalue weighted by molar-refractivity contribution is -0.138. The first-order valence-corrected chi connectivity index (χ1v) is 10.2. The predicted molar refractivity (Wildman–Crippen MR) is 114 cm³/mol. The maximum atomic E-state index is 13.0. The highest BCUT2D eigenvalue weighted by Gasteiger charge is 2.15. The maximum absolute atomic E-state index is 13.0. The summed E-state index contributed by atoms with van der Waals surface area (Å²) in [7, 11) is 0. The summed E-state index contributed by atoms with van der Waals surface area (Å²) < 4.78 is 17.6. The van der Waals surface area contributed by atoms with Crippen LogP contribution in [-0.4, -0.2) is 38.3 Å². The van der Waals surface area contributed by atoms with Crippen molar-refractivity contribution in [2.24, 2.45) is 0 Å². The minimum absolute atomic E-state index is 0.238. The van der Waals surface area contributed by atoms with E-state index in [2.05, 4.69) is 21.0 Å². The summed E-state index contributed by atoms with van der Waals surface area (Å²) in [6.07, 6.45) is 0. The molecule has 0 bridgehead atoms. The van der Waals surface area contributed by atoms with E-state index in [1.54, 1.807) is 23.9 Å². The Hall–Kier alpha value is -2.56. The van der Waals surface area contributed by atoms with E-state index < -0.39 is 0 Å². The molecule has 1 aliphatic heterocycles. The largest absolute Gasteiger partial charge is 0.462 e. The molecular formula is C22H26FN3O2S. The third kappa shape index (κ3) is 7.76. The third-order valence-electron chi connectivity index (χ3n) is 3.99. The van der Waals surface area contributed by atoms with Gasteiger partial charge in [0.1, 0.15) is 11.4 Å². The monoisotopic (exact) mass is 415 g/mol. The average molecular weight is 416 g/mol. The number of benzene rings is 2. The number of carbonyl (C=O) groups is 1. The highest BCUT2D eigenvalue weighted by atomic mass is 32.2. The molecule has 1 aliphatic rings. The molecule has 0 saturated carbocycles. The van der Waals surface area contributed by atoms with Gasteiger partial charge in [-0.15, -0.1) is 0 Å². The summed E-state index contributed by atoms with van der Waals surface area (Å²) in [5, 5.41) is 12.5. The molecule has 0 unspecified atom stereocenters. The molecule has 2 aromatic rings. The lowest BCUT2D eigenvalue weighted by atomic mass is 10.2. The zero-order chi connectivity index (χ0) is 21.3. The second-order valence-electron chi connectivity index (χ2n) is 7.41. The number of ether oxygens (including phenoxy) is 1. The van der Waals surface area contributed by atoms with Gasteiger partial charge < -0.3 is 15.0 Å². The molecule has 1 fully saturated rings. The molecule has 0 amide bonds. The summed E-state index contributed by atoms with van der Waals surface area (Å²) in [4.78, 5) is 13.9. The molecule has 154 valence electrons. The number of nitriles is 1. The minimum Gasteiger partial charge on any atom is -0.462 e. The Balaban J connectivity index is 0.000000370. The van der Waals surface area contributed by atoms with E-state index in [1.165, 1.54) is 12.1 Å². The highest BCUT2D eigenvalue weighted by molar-refractivity contribution is 7.99. The number of nitrogens with one attached hydrogen (secondary N) is 1. The van der Waals surface area contributed by atoms with Gasteiger partial charge in [0.2, 0.25) is 0 Å². The van der Waals surface area contributed by atoms with Crippen LogP contribution in [0.15, 0.2) is 52.3 Å². The first-order valence-electron chi connectivity index (χ1n) is 9.37. The van der Waals surface area contributed by atoms with Crippen molar-refractivity contribution in [1.29, 1.82) is 5.26 Å². The van der Waals surface area contributed by atoms with E-state index in [9.17, 15) is 9.18 Å². The summed E-state index contributed by atoms with van der Waals surface area (Å²) in [5.41, 5.74) is 1.46. The highest BCUT2D eigenvalue weighted by Crippen LogP contribution is 2.36. The third-order valence-corrected chi connectivity index (χ3v) is 5.04. The molecule has 0 atom stereocenters. The van der Waals surface area contributed by atoms with Crippen LogP contribution in [0.1, 0.15) is 26.3 Å². The molecule has 0 aromatic heterocycles. The molecule has 3 rings (SSSR count). The quantitative estimate of drug-likeness (QED) is 0.755. The number of anilines is 1. The smallest absolute Gasteiger partial charge is 0.293 e. The van der Waals surface area contributed by atoms with Crippen molar-refractivity contribution in [2.75, 3.05) is 31.1 Å². The Bertz CT molecular complexity index is 839. The van der Waals surface area contributed by atoms with Gasteiger partial charge >= 0.3 is 0 Å². The average Bonchev–Trinajstić information content (AvgIpc) is 2.70. The number of halogens is 1. The number of carbonyl (C=O) groups excluding carboxylic acids is 1. The van der Waals surface area contributed by atoms with Gasteiger partial charge in [0.25, 0.3) is 6.47 Å². The fraction of sp³-hybridized carbons (Fsp3) is 0.364. The van der Waals surface area contributed by atoms with Gasteiger partial charge in [-0.2, -0.15) is 5.26 Å². The predicted octanol–water partition coefficient (Wildman–Crippen LogP) is 4.22. The van der Waals surface area contributed by atoms with Gasteiger partial charge in [0, 0.05) is 36.0 Å². The molecule has 1 N–H and O–H groups in total. The summed E-state index contributed by atoms with van der Waals surface area (Å²) in [5.74, 6) is -0.238. The lowest BCUT2D eigenvalue weighted by Crippen LogP contribution is -2.43. The molecular weight excluding hydrogens is 389 g/mol. The molecule has 2 aromatic carbocycles. The van der Waals surface area contributed by atoms with Crippen molar-refractivity contribution in [1.82, 2.24) is 5.32 Å². The molecule has 1 heterocycles. The fourth-order valence-corrected chi connectivity index (χ4v) is 3.62. The van der Waals surface area contributed by atoms with Crippen LogP contribution in [0.5, 0.6) is 0 Å². The van der Waals surface area contributed by atoms with Gasteiger partial charge in [-0.3, -0.25) is 4.79 Å². The number of nitrogens with zero attached hydrogens (tertiary/aromatic N) is 2. The zero-order valence-electron chi connectivity index (χ0n) is 16.9. The van der Waals surface area contributed by atoms with Crippen LogP contribution in [0, 0.1) is 17.1 Å². The van der Waals surface area contributed by atoms with Crippen LogP contribution >= 0.6 is 11.8 Å². The van der Waals surface area contributed by atoms with Crippen LogP contribution in [-0.2, 0) is 9.53 Å². The fourth-order valence-electron chi connectivity index (χ4n) is 2.61. The van der Waals surface area contributed by atoms with E-state index in [-0.39, 0.29) is 11.4 Å². The topological polar surface area (TPSA) is 65.4 Å². The second kappa shape index (κ2) is 10.8. The molecule has 5 nitrogen and oxygen atoms in total. The molecule has 0 radical (unpaired) electrons. The Kier molecular flexibility index (Phi) is 8.50. The van der Waals surface area contributed by atoms with Crippen molar-refractivity contribution in [3.05, 3.63) is 53.8 Å². The zero-order valence-corrected chi connectivity index (χ0v) is 17.8. The van der Waals surface area contributed by atoms with Gasteiger partial charge in [0.15, 0.2) is 0 Å². The van der Waals surface area contributed by atoms with E-state index in [0.29, 0.717) is 12.0 Å². The SMILES string of the molecule is CC(C)(C)OC=O.N#Cc1ccc(N2CCNCC2)c(Sc2ccc(F)cc2)c1. The van der Waals surface area contributed by atoms with Gasteiger partial charge in [-0.05, 0) is 63.2 Å². The normalized spacial score (nSPS) is 13.7. The van der Waals surface area contributed by atoms with E-state index in [0.717, 1.165) is 41.7 Å². The van der Waals surface area contributed by atoms with Crippen LogP contribution in [0.4, 0.5) is 10.1 Å². The van der Waals surface area contributed by atoms with Gasteiger partial charge in [-0.1, -0.05) is 11.8 Å². The molecule has 0 spiro atoms. The number of rotatable bonds is 4. The number of hydrogen-bond donors (Lipinski definition) is 1. The molecule has 0 aliphatic carbocycles.